The summed E-state index contributed by atoms with van der Waals surface area (Å²) in [5.41, 5.74) is 1.38. The Kier molecular flexibility index (Phi) is 2.65. The Balaban J connectivity index is 2.97. The second-order valence-electron chi connectivity index (χ2n) is 2.57. The molecule has 1 rings (SSSR count). The molecule has 1 N–H and O–H groups in total. The SMILES string of the molecule is [C-]#[N+]c1ccc(NC(C)=O)cc1[CH]. The summed E-state index contributed by atoms with van der Waals surface area (Å²) < 4.78 is 0. The highest BCUT2D eigenvalue weighted by atomic mass is 16.1. The van der Waals surface area contributed by atoms with Gasteiger partial charge in [0.15, 0.2) is 5.69 Å². The van der Waals surface area contributed by atoms with Gasteiger partial charge in [0.05, 0.1) is 6.57 Å². The zero-order chi connectivity index (χ0) is 9.84. The topological polar surface area (TPSA) is 33.5 Å². The Morgan fingerprint density at radius 3 is 2.77 bits per heavy atom. The zero-order valence-corrected chi connectivity index (χ0v) is 7.16. The summed E-state index contributed by atoms with van der Waals surface area (Å²) in [6, 6.07) is 4.79. The minimum Gasteiger partial charge on any atom is -0.326 e. The van der Waals surface area contributed by atoms with Gasteiger partial charge in [-0.05, 0) is 24.6 Å². The molecule has 0 unspecified atom stereocenters. The molecule has 0 aliphatic heterocycles. The predicted octanol–water partition coefficient (Wildman–Crippen LogP) is 2.25. The molecule has 0 heterocycles. The average Bonchev–Trinajstić information content (AvgIpc) is 2.03. The number of hydrogen-bond donors (Lipinski definition) is 1. The standard InChI is InChI=1S/C10H8N2O/c1-7-6-9(12-8(2)13)4-5-10(7)11-3/h1,4-6H,2H3,(H,12,13). The van der Waals surface area contributed by atoms with Crippen LogP contribution in [0.25, 0.3) is 4.85 Å². The quantitative estimate of drug-likeness (QED) is 0.647. The molecule has 0 aliphatic carbocycles. The molecule has 3 heteroatoms. The molecule has 0 aromatic heterocycles. The highest BCUT2D eigenvalue weighted by Gasteiger charge is 1.99. The fourth-order valence-electron chi connectivity index (χ4n) is 0.937. The minimum atomic E-state index is -0.157. The molecule has 0 atom stereocenters. The van der Waals surface area contributed by atoms with Gasteiger partial charge in [0.25, 0.3) is 0 Å². The first kappa shape index (κ1) is 9.27. The lowest BCUT2D eigenvalue weighted by Gasteiger charge is -2.03. The summed E-state index contributed by atoms with van der Waals surface area (Å²) >= 11 is 0. The number of carbonyl (C=O) groups is 1. The van der Waals surface area contributed by atoms with Gasteiger partial charge in [-0.1, -0.05) is 6.07 Å². The molecule has 3 nitrogen and oxygen atoms in total. The van der Waals surface area contributed by atoms with Crippen LogP contribution < -0.4 is 5.32 Å². The van der Waals surface area contributed by atoms with Crippen LogP contribution in [-0.2, 0) is 4.79 Å². The molecule has 0 saturated carbocycles. The van der Waals surface area contributed by atoms with Gasteiger partial charge < -0.3 is 5.32 Å². The normalized spacial score (nSPS) is 9.00. The highest BCUT2D eigenvalue weighted by molar-refractivity contribution is 5.89. The van der Waals surface area contributed by atoms with Crippen molar-refractivity contribution < 1.29 is 4.79 Å². The van der Waals surface area contributed by atoms with Crippen molar-refractivity contribution in [3.63, 3.8) is 0 Å². The summed E-state index contributed by atoms with van der Waals surface area (Å²) in [5.74, 6) is -0.157. The van der Waals surface area contributed by atoms with Gasteiger partial charge in [-0.3, -0.25) is 4.79 Å². The van der Waals surface area contributed by atoms with Crippen molar-refractivity contribution in [3.8, 4) is 0 Å². The van der Waals surface area contributed by atoms with Gasteiger partial charge in [-0.25, -0.2) is 4.85 Å². The number of anilines is 1. The molecule has 2 radical (unpaired) electrons. The van der Waals surface area contributed by atoms with Crippen LogP contribution in [0.4, 0.5) is 11.4 Å². The van der Waals surface area contributed by atoms with Crippen molar-refractivity contribution in [2.24, 2.45) is 0 Å². The van der Waals surface area contributed by atoms with E-state index in [0.717, 1.165) is 0 Å². The van der Waals surface area contributed by atoms with Crippen LogP contribution in [0.2, 0.25) is 0 Å². The first-order valence-electron chi connectivity index (χ1n) is 3.68. The van der Waals surface area contributed by atoms with Gasteiger partial charge >= 0.3 is 0 Å². The summed E-state index contributed by atoms with van der Waals surface area (Å²) in [6.45, 7) is 13.7. The smallest absolute Gasteiger partial charge is 0.221 e. The highest BCUT2D eigenvalue weighted by Crippen LogP contribution is 2.21. The Morgan fingerprint density at radius 1 is 1.62 bits per heavy atom. The molecule has 0 spiro atoms. The number of amides is 1. The third-order valence-electron chi connectivity index (χ3n) is 1.47. The van der Waals surface area contributed by atoms with Crippen LogP contribution in [-0.4, -0.2) is 5.91 Å². The number of nitrogens with one attached hydrogen (secondary N) is 1. The van der Waals surface area contributed by atoms with Crippen molar-refractivity contribution in [2.75, 3.05) is 5.32 Å². The second-order valence-corrected chi connectivity index (χ2v) is 2.57. The van der Waals surface area contributed by atoms with Gasteiger partial charge in [-0.2, -0.15) is 0 Å². The van der Waals surface area contributed by atoms with Crippen LogP contribution in [0.3, 0.4) is 0 Å². The van der Waals surface area contributed by atoms with Crippen LogP contribution in [0, 0.1) is 13.5 Å². The van der Waals surface area contributed by atoms with E-state index in [4.69, 9.17) is 13.5 Å². The summed E-state index contributed by atoms with van der Waals surface area (Å²) in [7, 11) is 0. The molecule has 1 aromatic rings. The van der Waals surface area contributed by atoms with Crippen LogP contribution >= 0.6 is 0 Å². The van der Waals surface area contributed by atoms with E-state index in [2.05, 4.69) is 10.2 Å². The lowest BCUT2D eigenvalue weighted by Crippen LogP contribution is -2.05. The first-order chi connectivity index (χ1) is 6.13. The van der Waals surface area contributed by atoms with E-state index in [0.29, 0.717) is 16.9 Å². The summed E-state index contributed by atoms with van der Waals surface area (Å²) in [5, 5.41) is 2.58. The molecule has 1 amide bonds. The lowest BCUT2D eigenvalue weighted by atomic mass is 10.2. The maximum Gasteiger partial charge on any atom is 0.221 e. The molecular weight excluding hydrogens is 164 g/mol. The van der Waals surface area contributed by atoms with Crippen molar-refractivity contribution in [1.29, 1.82) is 0 Å². The Morgan fingerprint density at radius 2 is 2.31 bits per heavy atom. The van der Waals surface area contributed by atoms with Crippen molar-refractivity contribution in [2.45, 2.75) is 6.92 Å². The third-order valence-corrected chi connectivity index (χ3v) is 1.47. The summed E-state index contributed by atoms with van der Waals surface area (Å²) in [6.07, 6.45) is 0. The van der Waals surface area contributed by atoms with E-state index in [9.17, 15) is 4.79 Å². The largest absolute Gasteiger partial charge is 0.326 e. The number of nitrogens with zero attached hydrogens (tertiary/aromatic N) is 1. The van der Waals surface area contributed by atoms with E-state index < -0.39 is 0 Å². The van der Waals surface area contributed by atoms with E-state index >= 15 is 0 Å². The Hall–Kier alpha value is -1.82. The maximum atomic E-state index is 10.7. The molecule has 0 fully saturated rings. The molecule has 0 bridgehead atoms. The van der Waals surface area contributed by atoms with Gasteiger partial charge in [0.1, 0.15) is 0 Å². The van der Waals surface area contributed by atoms with E-state index in [1.54, 1.807) is 18.2 Å². The molecule has 1 aromatic carbocycles. The van der Waals surface area contributed by atoms with Crippen molar-refractivity contribution in [1.82, 2.24) is 0 Å². The van der Waals surface area contributed by atoms with Crippen LogP contribution in [0.1, 0.15) is 12.5 Å². The molecule has 0 aliphatic rings. The number of hydrogen-bond acceptors (Lipinski definition) is 1. The van der Waals surface area contributed by atoms with E-state index in [-0.39, 0.29) is 5.91 Å². The monoisotopic (exact) mass is 172 g/mol. The van der Waals surface area contributed by atoms with Gasteiger partial charge in [-0.15, -0.1) is 0 Å². The van der Waals surface area contributed by atoms with E-state index in [1.807, 2.05) is 0 Å². The number of benzene rings is 1. The third kappa shape index (κ3) is 2.31. The van der Waals surface area contributed by atoms with Crippen LogP contribution in [0.5, 0.6) is 0 Å². The number of carbonyl (C=O) groups excluding carboxylic acids is 1. The summed E-state index contributed by atoms with van der Waals surface area (Å²) in [4.78, 5) is 13.9. The molecule has 0 saturated heterocycles. The minimum absolute atomic E-state index is 0.157. The maximum absolute atomic E-state index is 10.7. The fraction of sp³-hybridized carbons (Fsp3) is 0.100. The Labute approximate surface area is 77.2 Å². The van der Waals surface area contributed by atoms with Gasteiger partial charge in [0, 0.05) is 12.6 Å². The van der Waals surface area contributed by atoms with E-state index in [1.165, 1.54) is 6.92 Å². The van der Waals surface area contributed by atoms with Crippen molar-refractivity contribution in [3.05, 3.63) is 42.1 Å². The second kappa shape index (κ2) is 3.72. The lowest BCUT2D eigenvalue weighted by molar-refractivity contribution is -0.114. The molecule has 13 heavy (non-hydrogen) atoms. The van der Waals surface area contributed by atoms with Crippen LogP contribution in [0.15, 0.2) is 18.2 Å². The average molecular weight is 172 g/mol. The first-order valence-corrected chi connectivity index (χ1v) is 3.68. The van der Waals surface area contributed by atoms with Crippen molar-refractivity contribution >= 4 is 17.3 Å². The fourth-order valence-corrected chi connectivity index (χ4v) is 0.937. The zero-order valence-electron chi connectivity index (χ0n) is 7.16. The molecular formula is C10H8N2O. The van der Waals surface area contributed by atoms with Gasteiger partial charge in [0.2, 0.25) is 5.91 Å². The Bertz CT molecular complexity index is 377. The molecule has 64 valence electrons. The predicted molar refractivity (Wildman–Crippen MR) is 50.4 cm³/mol. The number of rotatable bonds is 1.